The predicted molar refractivity (Wildman–Crippen MR) is 117 cm³/mol. The lowest BCUT2D eigenvalue weighted by Crippen LogP contribution is -2.16. The number of methoxy groups -OCH3 is 2. The molecule has 2 aromatic carbocycles. The van der Waals surface area contributed by atoms with Gasteiger partial charge >= 0.3 is 0 Å². The highest BCUT2D eigenvalue weighted by atomic mass is 32.1. The maximum Gasteiger partial charge on any atom is 0.259 e. The van der Waals surface area contributed by atoms with E-state index in [9.17, 15) is 13.6 Å². The average Bonchev–Trinajstić information content (AvgIpc) is 3.39. The number of aryl methyl sites for hydroxylation is 1. The molecule has 164 valence electrons. The highest BCUT2D eigenvalue weighted by Gasteiger charge is 2.18. The number of nitrogens with one attached hydrogen (secondary N) is 1. The molecule has 4 aromatic rings. The van der Waals surface area contributed by atoms with Crippen LogP contribution in [0.5, 0.6) is 11.5 Å². The summed E-state index contributed by atoms with van der Waals surface area (Å²) in [7, 11) is 3.12. The molecule has 2 aromatic heterocycles. The summed E-state index contributed by atoms with van der Waals surface area (Å²) >= 11 is 1.32. The van der Waals surface area contributed by atoms with Crippen LogP contribution in [0.4, 0.5) is 14.6 Å². The number of thiazole rings is 1. The van der Waals surface area contributed by atoms with Crippen LogP contribution in [0.25, 0.3) is 16.4 Å². The lowest BCUT2D eigenvalue weighted by molar-refractivity contribution is 0.102. The van der Waals surface area contributed by atoms with E-state index in [1.807, 2.05) is 17.5 Å². The molecule has 0 atom stereocenters. The van der Waals surface area contributed by atoms with Crippen molar-refractivity contribution in [3.63, 3.8) is 0 Å². The molecular formula is C22H18F2N4O3S. The minimum Gasteiger partial charge on any atom is -0.493 e. The lowest BCUT2D eigenvalue weighted by atomic mass is 10.1. The molecule has 0 radical (unpaired) electrons. The van der Waals surface area contributed by atoms with Gasteiger partial charge < -0.3 is 14.8 Å². The first-order valence-electron chi connectivity index (χ1n) is 9.41. The van der Waals surface area contributed by atoms with Gasteiger partial charge in [-0.25, -0.2) is 13.8 Å². The number of carbonyl (C=O) groups is 1. The number of anilines is 1. The van der Waals surface area contributed by atoms with Crippen molar-refractivity contribution in [1.82, 2.24) is 14.8 Å². The fourth-order valence-corrected chi connectivity index (χ4v) is 3.88. The second kappa shape index (κ2) is 8.75. The third-order valence-corrected chi connectivity index (χ3v) is 5.42. The van der Waals surface area contributed by atoms with Crippen molar-refractivity contribution in [2.24, 2.45) is 0 Å². The number of benzene rings is 2. The first kappa shape index (κ1) is 21.4. The molecule has 2 heterocycles. The van der Waals surface area contributed by atoms with Gasteiger partial charge in [0.25, 0.3) is 5.91 Å². The summed E-state index contributed by atoms with van der Waals surface area (Å²) in [5.74, 6) is -0.943. The van der Waals surface area contributed by atoms with Gasteiger partial charge in [0, 0.05) is 23.1 Å². The molecule has 0 fully saturated rings. The predicted octanol–water partition coefficient (Wildman–Crippen LogP) is 4.85. The molecule has 4 rings (SSSR count). The van der Waals surface area contributed by atoms with E-state index in [1.165, 1.54) is 16.0 Å². The molecule has 1 amide bonds. The highest BCUT2D eigenvalue weighted by molar-refractivity contribution is 7.12. The summed E-state index contributed by atoms with van der Waals surface area (Å²) in [5.41, 5.74) is 1.85. The number of nitrogens with zero attached hydrogens (tertiary/aromatic N) is 3. The molecule has 0 aliphatic carbocycles. The third-order valence-electron chi connectivity index (χ3n) is 4.60. The molecule has 0 unspecified atom stereocenters. The molecule has 32 heavy (non-hydrogen) atoms. The molecule has 1 N–H and O–H groups in total. The average molecular weight is 456 g/mol. The number of ether oxygens (including phenoxy) is 2. The van der Waals surface area contributed by atoms with Crippen molar-refractivity contribution in [2.75, 3.05) is 19.5 Å². The first-order chi connectivity index (χ1) is 15.4. The number of hydrogen-bond donors (Lipinski definition) is 1. The molecule has 10 heteroatoms. The van der Waals surface area contributed by atoms with Gasteiger partial charge in [-0.1, -0.05) is 0 Å². The topological polar surface area (TPSA) is 78.3 Å². The summed E-state index contributed by atoms with van der Waals surface area (Å²) in [6.45, 7) is 1.76. The minimum atomic E-state index is -0.949. The summed E-state index contributed by atoms with van der Waals surface area (Å²) in [5, 5.41) is 9.35. The SMILES string of the molecule is COc1ccc(-c2csc(-n3nc(C)cc3NC(=O)c3ccc(F)cc3F)n2)cc1OC. The highest BCUT2D eigenvalue weighted by Crippen LogP contribution is 2.33. The summed E-state index contributed by atoms with van der Waals surface area (Å²) in [4.78, 5) is 17.2. The Hall–Kier alpha value is -3.79. The van der Waals surface area contributed by atoms with Crippen LogP contribution < -0.4 is 14.8 Å². The Balaban J connectivity index is 1.64. The Morgan fingerprint density at radius 2 is 1.84 bits per heavy atom. The van der Waals surface area contributed by atoms with E-state index in [0.717, 1.165) is 17.7 Å². The standard InChI is InChI=1S/C22H18F2N4O3S/c1-12-8-20(26-21(29)15-6-5-14(23)10-16(15)24)28(27-12)22-25-17(11-32-22)13-4-7-18(30-2)19(9-13)31-3/h4-11H,1-3H3,(H,26,29). The van der Waals surface area contributed by atoms with E-state index in [1.54, 1.807) is 33.3 Å². The van der Waals surface area contributed by atoms with Crippen LogP contribution in [0.15, 0.2) is 47.8 Å². The van der Waals surface area contributed by atoms with Gasteiger partial charge in [0.15, 0.2) is 11.5 Å². The molecule has 0 bridgehead atoms. The quantitative estimate of drug-likeness (QED) is 0.449. The fraction of sp³-hybridized carbons (Fsp3) is 0.136. The Labute approximate surface area is 186 Å². The Kier molecular flexibility index (Phi) is 5.87. The van der Waals surface area contributed by atoms with Gasteiger partial charge in [-0.15, -0.1) is 11.3 Å². The molecule has 0 aliphatic rings. The van der Waals surface area contributed by atoms with Crippen molar-refractivity contribution in [3.05, 3.63) is 70.7 Å². The zero-order valence-electron chi connectivity index (χ0n) is 17.3. The zero-order chi connectivity index (χ0) is 22.8. The summed E-state index contributed by atoms with van der Waals surface area (Å²) in [6, 6.07) is 9.86. The van der Waals surface area contributed by atoms with Gasteiger partial charge in [0.2, 0.25) is 5.13 Å². The van der Waals surface area contributed by atoms with Crippen LogP contribution in [-0.2, 0) is 0 Å². The Morgan fingerprint density at radius 1 is 1.06 bits per heavy atom. The monoisotopic (exact) mass is 456 g/mol. The Bertz CT molecular complexity index is 1300. The van der Waals surface area contributed by atoms with Crippen LogP contribution in [0.2, 0.25) is 0 Å². The fourth-order valence-electron chi connectivity index (χ4n) is 3.08. The second-order valence-corrected chi connectivity index (χ2v) is 7.58. The zero-order valence-corrected chi connectivity index (χ0v) is 18.2. The second-order valence-electron chi connectivity index (χ2n) is 6.75. The van der Waals surface area contributed by atoms with Gasteiger partial charge in [0.05, 0.1) is 31.2 Å². The van der Waals surface area contributed by atoms with E-state index in [0.29, 0.717) is 39.9 Å². The maximum absolute atomic E-state index is 14.0. The van der Waals surface area contributed by atoms with E-state index in [2.05, 4.69) is 15.4 Å². The van der Waals surface area contributed by atoms with E-state index in [-0.39, 0.29) is 5.56 Å². The van der Waals surface area contributed by atoms with Crippen LogP contribution >= 0.6 is 11.3 Å². The van der Waals surface area contributed by atoms with Crippen molar-refractivity contribution in [3.8, 4) is 27.9 Å². The largest absolute Gasteiger partial charge is 0.493 e. The smallest absolute Gasteiger partial charge is 0.259 e. The van der Waals surface area contributed by atoms with Crippen molar-refractivity contribution >= 4 is 23.1 Å². The number of carbonyl (C=O) groups excluding carboxylic acids is 1. The molecule has 7 nitrogen and oxygen atoms in total. The number of amides is 1. The van der Waals surface area contributed by atoms with Crippen molar-refractivity contribution in [2.45, 2.75) is 6.92 Å². The number of halogens is 2. The van der Waals surface area contributed by atoms with Crippen LogP contribution in [0.1, 0.15) is 16.1 Å². The number of hydrogen-bond acceptors (Lipinski definition) is 6. The first-order valence-corrected chi connectivity index (χ1v) is 10.3. The summed E-state index contributed by atoms with van der Waals surface area (Å²) in [6.07, 6.45) is 0. The maximum atomic E-state index is 14.0. The third kappa shape index (κ3) is 4.17. The molecule has 0 aliphatic heterocycles. The van der Waals surface area contributed by atoms with E-state index < -0.39 is 17.5 Å². The van der Waals surface area contributed by atoms with E-state index in [4.69, 9.17) is 9.47 Å². The van der Waals surface area contributed by atoms with E-state index >= 15 is 0 Å². The van der Waals surface area contributed by atoms with Crippen molar-refractivity contribution in [1.29, 1.82) is 0 Å². The van der Waals surface area contributed by atoms with Crippen LogP contribution in [0.3, 0.4) is 0 Å². The van der Waals surface area contributed by atoms with Crippen LogP contribution in [-0.4, -0.2) is 34.9 Å². The summed E-state index contributed by atoms with van der Waals surface area (Å²) < 4.78 is 39.2. The normalized spacial score (nSPS) is 10.8. The lowest BCUT2D eigenvalue weighted by Gasteiger charge is -2.08. The molecule has 0 saturated carbocycles. The van der Waals surface area contributed by atoms with Gasteiger partial charge in [-0.2, -0.15) is 9.78 Å². The molecular weight excluding hydrogens is 438 g/mol. The van der Waals surface area contributed by atoms with Gasteiger partial charge in [0.1, 0.15) is 17.5 Å². The molecule has 0 saturated heterocycles. The van der Waals surface area contributed by atoms with Crippen LogP contribution in [0, 0.1) is 18.6 Å². The number of rotatable bonds is 6. The van der Waals surface area contributed by atoms with Gasteiger partial charge in [-0.05, 0) is 37.3 Å². The number of aromatic nitrogens is 3. The van der Waals surface area contributed by atoms with Gasteiger partial charge in [-0.3, -0.25) is 4.79 Å². The molecule has 0 spiro atoms. The minimum absolute atomic E-state index is 0.276. The Morgan fingerprint density at radius 3 is 2.56 bits per heavy atom. The van der Waals surface area contributed by atoms with Crippen molar-refractivity contribution < 1.29 is 23.0 Å².